The van der Waals surface area contributed by atoms with Crippen LogP contribution >= 0.6 is 0 Å². The zero-order chi connectivity index (χ0) is 22.8. The Balaban J connectivity index is 0.000000262. The number of methoxy groups -OCH3 is 1. The molecule has 0 aliphatic carbocycles. The van der Waals surface area contributed by atoms with Gasteiger partial charge in [0.25, 0.3) is 0 Å². The van der Waals surface area contributed by atoms with Gasteiger partial charge >= 0.3 is 5.97 Å². The summed E-state index contributed by atoms with van der Waals surface area (Å²) in [5, 5.41) is 9.81. The van der Waals surface area contributed by atoms with E-state index in [1.807, 2.05) is 30.0 Å². The van der Waals surface area contributed by atoms with Crippen molar-refractivity contribution in [3.63, 3.8) is 0 Å². The number of phenolic OH excluding ortho intramolecular Hbond substituents is 1. The van der Waals surface area contributed by atoms with Gasteiger partial charge in [-0.3, -0.25) is 0 Å². The summed E-state index contributed by atoms with van der Waals surface area (Å²) in [6.45, 7) is 4.55. The highest BCUT2D eigenvalue weighted by Crippen LogP contribution is 2.23. The van der Waals surface area contributed by atoms with E-state index in [0.29, 0.717) is 48.8 Å². The number of nitrogens with zero attached hydrogens (tertiary/aromatic N) is 1. The molecule has 0 saturated carbocycles. The number of ether oxygens (including phenoxy) is 2. The molecule has 0 radical (unpaired) electrons. The third-order valence-electron chi connectivity index (χ3n) is 4.71. The Morgan fingerprint density at radius 2 is 1.61 bits per heavy atom. The van der Waals surface area contributed by atoms with E-state index in [9.17, 15) is 9.90 Å². The van der Waals surface area contributed by atoms with Gasteiger partial charge in [-0.05, 0) is 36.8 Å². The molecule has 0 amide bonds. The largest absolute Gasteiger partial charge is 0.507 e. The molecule has 166 valence electrons. The van der Waals surface area contributed by atoms with E-state index in [0.717, 1.165) is 5.56 Å². The Labute approximate surface area is 182 Å². The molecule has 0 aromatic heterocycles. The van der Waals surface area contributed by atoms with E-state index >= 15 is 0 Å². The Bertz CT molecular complexity index is 946. The first-order chi connectivity index (χ1) is 14.8. The molecule has 2 aromatic rings. The average Bonchev–Trinajstić information content (AvgIpc) is 2.78. The maximum Gasteiger partial charge on any atom is 0.338 e. The lowest BCUT2D eigenvalue weighted by Gasteiger charge is -2.30. The van der Waals surface area contributed by atoms with Gasteiger partial charge in [0.05, 0.1) is 31.6 Å². The van der Waals surface area contributed by atoms with Crippen molar-refractivity contribution in [3.8, 4) is 5.75 Å². The fourth-order valence-corrected chi connectivity index (χ4v) is 3.02. The lowest BCUT2D eigenvalue weighted by molar-refractivity contribution is 0.0548. The number of nitrogens with two attached hydrogens (primary N) is 3. The number of rotatable bonds is 4. The number of morpholine rings is 1. The molecule has 2 aromatic carbocycles. The van der Waals surface area contributed by atoms with Crippen LogP contribution in [0.3, 0.4) is 0 Å². The summed E-state index contributed by atoms with van der Waals surface area (Å²) in [6, 6.07) is 14.2. The Morgan fingerprint density at radius 1 is 1.03 bits per heavy atom. The van der Waals surface area contributed by atoms with Crippen LogP contribution in [0.15, 0.2) is 66.1 Å². The molecule has 0 bridgehead atoms. The molecule has 8 heteroatoms. The van der Waals surface area contributed by atoms with Gasteiger partial charge in [0.2, 0.25) is 0 Å². The Morgan fingerprint density at radius 3 is 2.16 bits per heavy atom. The third kappa shape index (κ3) is 6.68. The van der Waals surface area contributed by atoms with Crippen molar-refractivity contribution < 1.29 is 19.4 Å². The van der Waals surface area contributed by atoms with Gasteiger partial charge in [0, 0.05) is 24.4 Å². The van der Waals surface area contributed by atoms with Crippen molar-refractivity contribution in [2.75, 3.05) is 33.4 Å². The normalized spacial score (nSPS) is 13.6. The predicted molar refractivity (Wildman–Crippen MR) is 121 cm³/mol. The second kappa shape index (κ2) is 11.5. The van der Waals surface area contributed by atoms with E-state index in [2.05, 4.69) is 4.74 Å². The van der Waals surface area contributed by atoms with Gasteiger partial charge < -0.3 is 36.7 Å². The van der Waals surface area contributed by atoms with Crippen LogP contribution in [-0.2, 0) is 9.47 Å². The predicted octanol–water partition coefficient (Wildman–Crippen LogP) is 1.89. The fraction of sp³-hybridized carbons (Fsp3) is 0.261. The molecule has 1 saturated heterocycles. The van der Waals surface area contributed by atoms with Gasteiger partial charge in [0.1, 0.15) is 11.6 Å². The van der Waals surface area contributed by atoms with Gasteiger partial charge in [-0.2, -0.15) is 0 Å². The SMILES string of the molecule is COC(=O)c1ccccc1C.NC(N)=C(/C=C(\N)c1ccccc1O)N1CCOCC1. The highest BCUT2D eigenvalue weighted by molar-refractivity contribution is 5.90. The van der Waals surface area contributed by atoms with Crippen LogP contribution in [0, 0.1) is 6.92 Å². The molecule has 7 N–H and O–H groups in total. The summed E-state index contributed by atoms with van der Waals surface area (Å²) in [7, 11) is 1.38. The Kier molecular flexibility index (Phi) is 8.78. The number of benzene rings is 2. The van der Waals surface area contributed by atoms with Crippen LogP contribution in [0.4, 0.5) is 0 Å². The fourth-order valence-electron chi connectivity index (χ4n) is 3.02. The molecule has 1 aliphatic heterocycles. The van der Waals surface area contributed by atoms with E-state index in [1.54, 1.807) is 36.4 Å². The number of hydrogen-bond acceptors (Lipinski definition) is 8. The lowest BCUT2D eigenvalue weighted by atomic mass is 10.1. The number of para-hydroxylation sites is 1. The highest BCUT2D eigenvalue weighted by Gasteiger charge is 2.15. The molecule has 0 atom stereocenters. The van der Waals surface area contributed by atoms with Crippen LogP contribution in [0.2, 0.25) is 0 Å². The molecule has 8 nitrogen and oxygen atoms in total. The van der Waals surface area contributed by atoms with Crippen molar-refractivity contribution in [2.24, 2.45) is 17.2 Å². The lowest BCUT2D eigenvalue weighted by Crippen LogP contribution is -2.37. The summed E-state index contributed by atoms with van der Waals surface area (Å²) >= 11 is 0. The second-order valence-electron chi connectivity index (χ2n) is 6.86. The monoisotopic (exact) mass is 426 g/mol. The van der Waals surface area contributed by atoms with Gasteiger partial charge in [-0.15, -0.1) is 0 Å². The summed E-state index contributed by atoms with van der Waals surface area (Å²) < 4.78 is 9.88. The van der Waals surface area contributed by atoms with Crippen LogP contribution in [0.25, 0.3) is 5.70 Å². The average molecular weight is 427 g/mol. The van der Waals surface area contributed by atoms with E-state index < -0.39 is 0 Å². The summed E-state index contributed by atoms with van der Waals surface area (Å²) in [5.41, 5.74) is 20.7. The van der Waals surface area contributed by atoms with Crippen LogP contribution in [0.1, 0.15) is 21.5 Å². The summed E-state index contributed by atoms with van der Waals surface area (Å²) in [6.07, 6.45) is 1.69. The number of esters is 1. The van der Waals surface area contributed by atoms with Gasteiger partial charge in [-0.25, -0.2) is 4.79 Å². The van der Waals surface area contributed by atoms with Crippen molar-refractivity contribution in [1.29, 1.82) is 0 Å². The van der Waals surface area contributed by atoms with E-state index in [-0.39, 0.29) is 17.5 Å². The van der Waals surface area contributed by atoms with Crippen molar-refractivity contribution in [3.05, 3.63) is 82.8 Å². The number of carbonyl (C=O) groups is 1. The smallest absolute Gasteiger partial charge is 0.338 e. The van der Waals surface area contributed by atoms with E-state index in [1.165, 1.54) is 7.11 Å². The number of carbonyl (C=O) groups excluding carboxylic acids is 1. The molecule has 0 unspecified atom stereocenters. The molecule has 1 heterocycles. The van der Waals surface area contributed by atoms with Crippen molar-refractivity contribution in [2.45, 2.75) is 6.92 Å². The number of aromatic hydroxyl groups is 1. The quantitative estimate of drug-likeness (QED) is 0.430. The van der Waals surface area contributed by atoms with E-state index in [4.69, 9.17) is 21.9 Å². The first kappa shape index (κ1) is 23.6. The number of phenols is 1. The van der Waals surface area contributed by atoms with Gasteiger partial charge in [-0.1, -0.05) is 30.3 Å². The standard InChI is InChI=1S/C14H20N4O2.C9H10O2/c15-11(10-3-1-2-4-13(10)19)9-12(14(16)17)18-5-7-20-8-6-18;1-7-5-3-4-6-8(7)9(10)11-2/h1-4,9,19H,5-8,15-17H2;3-6H,1-2H3/b11-9-;. The van der Waals surface area contributed by atoms with Crippen LogP contribution in [-0.4, -0.2) is 49.4 Å². The molecule has 0 spiro atoms. The zero-order valence-electron chi connectivity index (χ0n) is 17.9. The molecule has 1 aliphatic rings. The topological polar surface area (TPSA) is 137 Å². The van der Waals surface area contributed by atoms with Crippen molar-refractivity contribution >= 4 is 11.7 Å². The second-order valence-corrected chi connectivity index (χ2v) is 6.86. The maximum atomic E-state index is 11.0. The first-order valence-corrected chi connectivity index (χ1v) is 9.82. The van der Waals surface area contributed by atoms with Crippen molar-refractivity contribution in [1.82, 2.24) is 4.90 Å². The van der Waals surface area contributed by atoms with Crippen LogP contribution in [0.5, 0.6) is 5.75 Å². The number of hydrogen-bond donors (Lipinski definition) is 4. The minimum Gasteiger partial charge on any atom is -0.507 e. The summed E-state index contributed by atoms with van der Waals surface area (Å²) in [5.74, 6) is 0.0477. The molecular weight excluding hydrogens is 396 g/mol. The number of allylic oxidation sites excluding steroid dienone is 1. The molecule has 31 heavy (non-hydrogen) atoms. The molecule has 1 fully saturated rings. The highest BCUT2D eigenvalue weighted by atomic mass is 16.5. The maximum absolute atomic E-state index is 11.0. The first-order valence-electron chi connectivity index (χ1n) is 9.82. The minimum absolute atomic E-state index is 0.123. The zero-order valence-corrected chi connectivity index (χ0v) is 17.9. The molecular formula is C23H30N4O4. The Hall–Kier alpha value is -3.65. The molecule has 3 rings (SSSR count). The van der Waals surface area contributed by atoms with Gasteiger partial charge in [0.15, 0.2) is 0 Å². The summed E-state index contributed by atoms with van der Waals surface area (Å²) in [4.78, 5) is 13.0. The minimum atomic E-state index is -0.275. The number of aryl methyl sites for hydroxylation is 1. The third-order valence-corrected chi connectivity index (χ3v) is 4.71. The van der Waals surface area contributed by atoms with Crippen LogP contribution < -0.4 is 17.2 Å².